The van der Waals surface area contributed by atoms with Gasteiger partial charge in [-0.3, -0.25) is 14.9 Å². The van der Waals surface area contributed by atoms with Crippen LogP contribution in [0.15, 0.2) is 42.5 Å². The molecule has 8 heteroatoms. The summed E-state index contributed by atoms with van der Waals surface area (Å²) in [5.74, 6) is -0.641. The summed E-state index contributed by atoms with van der Waals surface area (Å²) >= 11 is 0. The van der Waals surface area contributed by atoms with Crippen molar-refractivity contribution >= 4 is 23.0 Å². The third-order valence-corrected chi connectivity index (χ3v) is 4.71. The van der Waals surface area contributed by atoms with Crippen molar-refractivity contribution in [2.75, 3.05) is 42.9 Å². The average molecular weight is 373 g/mol. The number of nitro groups is 1. The fraction of sp³-hybridized carbons (Fsp3) is 0.316. The van der Waals surface area contributed by atoms with Crippen LogP contribution in [-0.2, 0) is 4.79 Å². The maximum absolute atomic E-state index is 13.8. The molecule has 0 saturated carbocycles. The zero-order chi connectivity index (χ0) is 19.4. The van der Waals surface area contributed by atoms with E-state index in [-0.39, 0.29) is 23.8 Å². The Morgan fingerprint density at radius 2 is 1.89 bits per heavy atom. The third kappa shape index (κ3) is 4.79. The predicted molar refractivity (Wildman–Crippen MR) is 101 cm³/mol. The maximum Gasteiger partial charge on any atom is 0.279 e. The first-order valence-electron chi connectivity index (χ1n) is 8.81. The second kappa shape index (κ2) is 8.13. The van der Waals surface area contributed by atoms with Gasteiger partial charge in [-0.1, -0.05) is 6.07 Å². The standard InChI is InChI=1S/C19H21FN4O3/c1-14-2-7-18(17(20)12-14)21-19(25)13-22-8-10-23(11-9-22)15-3-5-16(6-4-15)24(26)27/h2-7,12H,8-11,13H2,1H3,(H,21,25)/p+1. The van der Waals surface area contributed by atoms with E-state index in [4.69, 9.17) is 0 Å². The van der Waals surface area contributed by atoms with E-state index in [0.717, 1.165) is 42.3 Å². The second-order valence-corrected chi connectivity index (χ2v) is 6.72. The van der Waals surface area contributed by atoms with Gasteiger partial charge in [0.25, 0.3) is 11.6 Å². The van der Waals surface area contributed by atoms with E-state index in [1.54, 1.807) is 31.2 Å². The van der Waals surface area contributed by atoms with Crippen molar-refractivity contribution < 1.29 is 19.0 Å². The van der Waals surface area contributed by atoms with Crippen LogP contribution in [0.5, 0.6) is 0 Å². The Labute approximate surface area is 156 Å². The number of carbonyl (C=O) groups is 1. The van der Waals surface area contributed by atoms with E-state index in [2.05, 4.69) is 10.2 Å². The molecule has 3 rings (SSSR count). The lowest BCUT2D eigenvalue weighted by molar-refractivity contribution is -0.892. The van der Waals surface area contributed by atoms with Crippen molar-refractivity contribution in [3.05, 3.63) is 64.0 Å². The van der Waals surface area contributed by atoms with Gasteiger partial charge in [-0.2, -0.15) is 0 Å². The zero-order valence-corrected chi connectivity index (χ0v) is 15.1. The molecule has 2 N–H and O–H groups in total. The molecule has 142 valence electrons. The van der Waals surface area contributed by atoms with Gasteiger partial charge in [0.15, 0.2) is 6.54 Å². The number of quaternary nitrogens is 1. The SMILES string of the molecule is Cc1ccc(NC(=O)C[NH+]2CCN(c3ccc([N+](=O)[O-])cc3)CC2)c(F)c1. The molecule has 1 aliphatic heterocycles. The van der Waals surface area contributed by atoms with Gasteiger partial charge in [0.05, 0.1) is 36.8 Å². The number of aryl methyl sites for hydroxylation is 1. The van der Waals surface area contributed by atoms with Crippen LogP contribution in [0.2, 0.25) is 0 Å². The molecule has 1 amide bonds. The number of benzene rings is 2. The van der Waals surface area contributed by atoms with Gasteiger partial charge in [-0.05, 0) is 36.8 Å². The molecule has 0 atom stereocenters. The van der Waals surface area contributed by atoms with E-state index in [9.17, 15) is 19.3 Å². The number of hydrogen-bond donors (Lipinski definition) is 2. The van der Waals surface area contributed by atoms with Gasteiger partial charge in [0.2, 0.25) is 0 Å². The molecule has 0 radical (unpaired) electrons. The monoisotopic (exact) mass is 373 g/mol. The smallest absolute Gasteiger partial charge is 0.279 e. The van der Waals surface area contributed by atoms with Crippen molar-refractivity contribution in [3.8, 4) is 0 Å². The number of hydrogen-bond acceptors (Lipinski definition) is 4. The number of non-ortho nitro benzene ring substituents is 1. The first kappa shape index (κ1) is 18.8. The molecule has 2 aromatic carbocycles. The van der Waals surface area contributed by atoms with E-state index in [1.165, 1.54) is 18.2 Å². The van der Waals surface area contributed by atoms with Crippen molar-refractivity contribution in [1.82, 2.24) is 0 Å². The Kier molecular flexibility index (Phi) is 5.66. The molecular formula is C19H22FN4O3+. The lowest BCUT2D eigenvalue weighted by Crippen LogP contribution is -3.15. The highest BCUT2D eigenvalue weighted by molar-refractivity contribution is 5.91. The molecule has 1 fully saturated rings. The largest absolute Gasteiger partial charge is 0.360 e. The van der Waals surface area contributed by atoms with Crippen molar-refractivity contribution in [3.63, 3.8) is 0 Å². The molecule has 0 spiro atoms. The van der Waals surface area contributed by atoms with Crippen LogP contribution < -0.4 is 15.1 Å². The molecule has 0 aliphatic carbocycles. The summed E-state index contributed by atoms with van der Waals surface area (Å²) in [6.07, 6.45) is 0. The van der Waals surface area contributed by atoms with E-state index < -0.39 is 10.7 Å². The normalized spacial score (nSPS) is 14.8. The molecule has 27 heavy (non-hydrogen) atoms. The lowest BCUT2D eigenvalue weighted by Gasteiger charge is -2.33. The van der Waals surface area contributed by atoms with Gasteiger partial charge in [0, 0.05) is 17.8 Å². The number of nitrogens with one attached hydrogen (secondary N) is 2. The topological polar surface area (TPSA) is 79.9 Å². The van der Waals surface area contributed by atoms with Crippen LogP contribution in [0.1, 0.15) is 5.56 Å². The first-order chi connectivity index (χ1) is 12.9. The summed E-state index contributed by atoms with van der Waals surface area (Å²) < 4.78 is 13.8. The number of halogens is 1. The molecule has 0 unspecified atom stereocenters. The van der Waals surface area contributed by atoms with Gasteiger partial charge in [-0.15, -0.1) is 0 Å². The average Bonchev–Trinajstić information content (AvgIpc) is 2.65. The van der Waals surface area contributed by atoms with Gasteiger partial charge in [-0.25, -0.2) is 4.39 Å². The van der Waals surface area contributed by atoms with Gasteiger partial charge in [0.1, 0.15) is 5.82 Å². The number of nitro benzene ring substituents is 1. The van der Waals surface area contributed by atoms with Crippen molar-refractivity contribution in [2.24, 2.45) is 0 Å². The molecule has 1 aliphatic rings. The van der Waals surface area contributed by atoms with Crippen LogP contribution in [0.3, 0.4) is 0 Å². The molecule has 1 heterocycles. The van der Waals surface area contributed by atoms with Crippen LogP contribution in [-0.4, -0.2) is 43.6 Å². The fourth-order valence-corrected chi connectivity index (χ4v) is 3.19. The summed E-state index contributed by atoms with van der Waals surface area (Å²) in [6.45, 7) is 5.10. The highest BCUT2D eigenvalue weighted by Crippen LogP contribution is 2.19. The fourth-order valence-electron chi connectivity index (χ4n) is 3.19. The van der Waals surface area contributed by atoms with Crippen LogP contribution >= 0.6 is 0 Å². The van der Waals surface area contributed by atoms with Crippen LogP contribution in [0.25, 0.3) is 0 Å². The number of amides is 1. The van der Waals surface area contributed by atoms with Crippen molar-refractivity contribution in [1.29, 1.82) is 0 Å². The molecular weight excluding hydrogens is 351 g/mol. The number of rotatable bonds is 5. The summed E-state index contributed by atoms with van der Waals surface area (Å²) in [7, 11) is 0. The van der Waals surface area contributed by atoms with Gasteiger partial charge < -0.3 is 15.1 Å². The summed E-state index contributed by atoms with van der Waals surface area (Å²) in [4.78, 5) is 25.8. The molecule has 1 saturated heterocycles. The quantitative estimate of drug-likeness (QED) is 0.613. The third-order valence-electron chi connectivity index (χ3n) is 4.71. The Morgan fingerprint density at radius 1 is 1.22 bits per heavy atom. The van der Waals surface area contributed by atoms with E-state index >= 15 is 0 Å². The second-order valence-electron chi connectivity index (χ2n) is 6.72. The number of nitrogens with zero attached hydrogens (tertiary/aromatic N) is 2. The Hall–Kier alpha value is -3.00. The summed E-state index contributed by atoms with van der Waals surface area (Å²) in [5, 5.41) is 13.4. The van der Waals surface area contributed by atoms with Crippen molar-refractivity contribution in [2.45, 2.75) is 6.92 Å². The lowest BCUT2D eigenvalue weighted by atomic mass is 10.2. The van der Waals surface area contributed by atoms with E-state index in [0.29, 0.717) is 0 Å². The maximum atomic E-state index is 13.8. The highest BCUT2D eigenvalue weighted by Gasteiger charge is 2.23. The van der Waals surface area contributed by atoms with E-state index in [1.807, 2.05) is 0 Å². The first-order valence-corrected chi connectivity index (χ1v) is 8.81. The minimum absolute atomic E-state index is 0.0722. The van der Waals surface area contributed by atoms with Crippen LogP contribution in [0, 0.1) is 22.9 Å². The molecule has 0 bridgehead atoms. The highest BCUT2D eigenvalue weighted by atomic mass is 19.1. The minimum atomic E-state index is -0.429. The van der Waals surface area contributed by atoms with Crippen LogP contribution in [0.4, 0.5) is 21.5 Å². The predicted octanol–water partition coefficient (Wildman–Crippen LogP) is 1.39. The van der Waals surface area contributed by atoms with Gasteiger partial charge >= 0.3 is 0 Å². The summed E-state index contributed by atoms with van der Waals surface area (Å²) in [5.41, 5.74) is 2.02. The number of carbonyl (C=O) groups excluding carboxylic acids is 1. The molecule has 2 aromatic rings. The number of piperazine rings is 1. The zero-order valence-electron chi connectivity index (χ0n) is 15.1. The Morgan fingerprint density at radius 3 is 2.48 bits per heavy atom. The minimum Gasteiger partial charge on any atom is -0.360 e. The molecule has 7 nitrogen and oxygen atoms in total. The molecule has 0 aromatic heterocycles. The number of anilines is 2. The summed E-state index contributed by atoms with van der Waals surface area (Å²) in [6, 6.07) is 11.2. The Balaban J connectivity index is 1.50. The Bertz CT molecular complexity index is 833.